The molecule has 0 atom stereocenters. The molecule has 0 aliphatic rings. The van der Waals surface area contributed by atoms with Crippen LogP contribution in [0, 0.1) is 0 Å². The van der Waals surface area contributed by atoms with E-state index >= 15 is 0 Å². The Morgan fingerprint density at radius 1 is 1.00 bits per heavy atom. The lowest BCUT2D eigenvalue weighted by atomic mass is 10.2. The number of ether oxygens (including phenoxy) is 3. The molecule has 2 rings (SSSR count). The molecule has 0 fully saturated rings. The number of nitrogens with zero attached hydrogens (tertiary/aromatic N) is 1. The Morgan fingerprint density at radius 3 is 2.43 bits per heavy atom. The van der Waals surface area contributed by atoms with Gasteiger partial charge < -0.3 is 14.2 Å². The monoisotopic (exact) mass is 314 g/mol. The van der Waals surface area contributed by atoms with Crippen molar-refractivity contribution < 1.29 is 19.0 Å². The Labute approximate surface area is 134 Å². The van der Waals surface area contributed by atoms with Gasteiger partial charge in [0.05, 0.1) is 27.5 Å². The molecule has 2 aromatic rings. The van der Waals surface area contributed by atoms with E-state index in [1.807, 2.05) is 0 Å². The van der Waals surface area contributed by atoms with Crippen LogP contribution in [0.3, 0.4) is 0 Å². The van der Waals surface area contributed by atoms with Crippen LogP contribution in [-0.4, -0.2) is 33.5 Å². The quantitative estimate of drug-likeness (QED) is 0.657. The Hall–Kier alpha value is -3.02. The molecular formula is C17H18N2O4. The van der Waals surface area contributed by atoms with Gasteiger partial charge in [-0.05, 0) is 36.4 Å². The van der Waals surface area contributed by atoms with E-state index in [1.54, 1.807) is 63.8 Å². The van der Waals surface area contributed by atoms with Crippen LogP contribution in [0.15, 0.2) is 47.6 Å². The van der Waals surface area contributed by atoms with Crippen molar-refractivity contribution in [2.45, 2.75) is 0 Å². The molecule has 6 heteroatoms. The van der Waals surface area contributed by atoms with Crippen molar-refractivity contribution in [2.75, 3.05) is 21.3 Å². The number of amides is 1. The van der Waals surface area contributed by atoms with E-state index in [2.05, 4.69) is 10.5 Å². The summed E-state index contributed by atoms with van der Waals surface area (Å²) in [6, 6.07) is 12.1. The minimum absolute atomic E-state index is 0.331. The molecule has 0 heterocycles. The zero-order chi connectivity index (χ0) is 16.7. The van der Waals surface area contributed by atoms with Crippen LogP contribution >= 0.6 is 0 Å². The largest absolute Gasteiger partial charge is 0.497 e. The number of rotatable bonds is 6. The van der Waals surface area contributed by atoms with Crippen molar-refractivity contribution in [3.63, 3.8) is 0 Å². The molecule has 0 saturated heterocycles. The lowest BCUT2D eigenvalue weighted by molar-refractivity contribution is 0.0955. The average molecular weight is 314 g/mol. The summed E-state index contributed by atoms with van der Waals surface area (Å²) >= 11 is 0. The number of carbonyl (C=O) groups excluding carboxylic acids is 1. The van der Waals surface area contributed by atoms with E-state index in [1.165, 1.54) is 6.21 Å². The fraction of sp³-hybridized carbons (Fsp3) is 0.176. The van der Waals surface area contributed by atoms with Crippen molar-refractivity contribution >= 4 is 12.1 Å². The smallest absolute Gasteiger partial charge is 0.271 e. The molecule has 0 aliphatic heterocycles. The van der Waals surface area contributed by atoms with Gasteiger partial charge in [0.25, 0.3) is 5.91 Å². The van der Waals surface area contributed by atoms with Crippen LogP contribution in [-0.2, 0) is 0 Å². The number of carbonyl (C=O) groups is 1. The van der Waals surface area contributed by atoms with E-state index < -0.39 is 0 Å². The maximum atomic E-state index is 12.0. The van der Waals surface area contributed by atoms with Crippen molar-refractivity contribution in [1.29, 1.82) is 0 Å². The highest BCUT2D eigenvalue weighted by molar-refractivity contribution is 5.95. The maximum absolute atomic E-state index is 12.0. The molecule has 120 valence electrons. The van der Waals surface area contributed by atoms with E-state index in [4.69, 9.17) is 14.2 Å². The van der Waals surface area contributed by atoms with Gasteiger partial charge in [0, 0.05) is 11.1 Å². The fourth-order valence-electron chi connectivity index (χ4n) is 1.93. The number of methoxy groups -OCH3 is 3. The first-order valence-electron chi connectivity index (χ1n) is 6.87. The standard InChI is InChI=1S/C17H18N2O4/c1-21-14-6-4-5-12(9-14)17(20)19-18-11-13-10-15(22-2)7-8-16(13)23-3/h4-11H,1-3H3,(H,19,20)/b18-11-. The third-order valence-electron chi connectivity index (χ3n) is 3.14. The van der Waals surface area contributed by atoms with Crippen molar-refractivity contribution in [3.8, 4) is 17.2 Å². The van der Waals surface area contributed by atoms with Crippen LogP contribution < -0.4 is 19.6 Å². The first-order valence-corrected chi connectivity index (χ1v) is 6.87. The van der Waals surface area contributed by atoms with Crippen LogP contribution in [0.1, 0.15) is 15.9 Å². The van der Waals surface area contributed by atoms with Gasteiger partial charge in [0.15, 0.2) is 0 Å². The van der Waals surface area contributed by atoms with Crippen LogP contribution in [0.2, 0.25) is 0 Å². The summed E-state index contributed by atoms with van der Waals surface area (Å²) in [5, 5.41) is 3.96. The Balaban J connectivity index is 2.10. The molecule has 0 unspecified atom stereocenters. The topological polar surface area (TPSA) is 69.2 Å². The Kier molecular flexibility index (Phi) is 5.57. The molecule has 0 bridgehead atoms. The van der Waals surface area contributed by atoms with Gasteiger partial charge in [-0.1, -0.05) is 6.07 Å². The second kappa shape index (κ2) is 7.84. The summed E-state index contributed by atoms with van der Waals surface area (Å²) < 4.78 is 15.5. The van der Waals surface area contributed by atoms with Crippen molar-refractivity contribution in [1.82, 2.24) is 5.43 Å². The average Bonchev–Trinajstić information content (AvgIpc) is 2.61. The number of benzene rings is 2. The predicted molar refractivity (Wildman–Crippen MR) is 87.6 cm³/mol. The van der Waals surface area contributed by atoms with E-state index in [0.29, 0.717) is 28.4 Å². The van der Waals surface area contributed by atoms with E-state index in [0.717, 1.165) is 0 Å². The SMILES string of the molecule is COc1cccc(C(=O)N/N=C\c2cc(OC)ccc2OC)c1. The number of nitrogens with one attached hydrogen (secondary N) is 1. The van der Waals surface area contributed by atoms with Crippen LogP contribution in [0.5, 0.6) is 17.2 Å². The van der Waals surface area contributed by atoms with Gasteiger partial charge in [-0.25, -0.2) is 5.43 Å². The lowest BCUT2D eigenvalue weighted by Gasteiger charge is -2.07. The molecule has 23 heavy (non-hydrogen) atoms. The molecule has 0 aromatic heterocycles. The molecule has 2 aromatic carbocycles. The predicted octanol–water partition coefficient (Wildman–Crippen LogP) is 2.48. The third-order valence-corrected chi connectivity index (χ3v) is 3.14. The molecule has 1 amide bonds. The van der Waals surface area contributed by atoms with E-state index in [9.17, 15) is 4.79 Å². The zero-order valence-electron chi connectivity index (χ0n) is 13.2. The summed E-state index contributed by atoms with van der Waals surface area (Å²) in [6.45, 7) is 0. The number of hydrogen-bond acceptors (Lipinski definition) is 5. The molecule has 0 spiro atoms. The van der Waals surface area contributed by atoms with Gasteiger partial charge in [0.2, 0.25) is 0 Å². The van der Waals surface area contributed by atoms with Gasteiger partial charge in [0.1, 0.15) is 17.2 Å². The van der Waals surface area contributed by atoms with Gasteiger partial charge in [-0.2, -0.15) is 5.10 Å². The maximum Gasteiger partial charge on any atom is 0.271 e. The Bertz CT molecular complexity index is 713. The lowest BCUT2D eigenvalue weighted by Crippen LogP contribution is -2.17. The zero-order valence-corrected chi connectivity index (χ0v) is 13.2. The van der Waals surface area contributed by atoms with Crippen molar-refractivity contribution in [2.24, 2.45) is 5.10 Å². The normalized spacial score (nSPS) is 10.4. The van der Waals surface area contributed by atoms with Crippen LogP contribution in [0.4, 0.5) is 0 Å². The van der Waals surface area contributed by atoms with Crippen LogP contribution in [0.25, 0.3) is 0 Å². The summed E-state index contributed by atoms with van der Waals surface area (Å²) in [5.41, 5.74) is 3.62. The molecule has 0 radical (unpaired) electrons. The molecule has 0 aliphatic carbocycles. The first-order chi connectivity index (χ1) is 11.2. The summed E-state index contributed by atoms with van der Waals surface area (Å²) in [4.78, 5) is 12.0. The number of hydrogen-bond donors (Lipinski definition) is 1. The summed E-state index contributed by atoms with van der Waals surface area (Å²) in [7, 11) is 4.69. The minimum atomic E-state index is -0.331. The van der Waals surface area contributed by atoms with Gasteiger partial charge >= 0.3 is 0 Å². The highest BCUT2D eigenvalue weighted by Crippen LogP contribution is 2.22. The third kappa shape index (κ3) is 4.23. The van der Waals surface area contributed by atoms with Gasteiger partial charge in [-0.15, -0.1) is 0 Å². The molecular weight excluding hydrogens is 296 g/mol. The van der Waals surface area contributed by atoms with E-state index in [-0.39, 0.29) is 5.91 Å². The second-order valence-corrected chi connectivity index (χ2v) is 4.54. The number of hydrazone groups is 1. The van der Waals surface area contributed by atoms with Crippen molar-refractivity contribution in [3.05, 3.63) is 53.6 Å². The Morgan fingerprint density at radius 2 is 1.74 bits per heavy atom. The molecule has 0 saturated carbocycles. The summed E-state index contributed by atoms with van der Waals surface area (Å²) in [6.07, 6.45) is 1.50. The van der Waals surface area contributed by atoms with Gasteiger partial charge in [-0.3, -0.25) is 4.79 Å². The highest BCUT2D eigenvalue weighted by Gasteiger charge is 2.06. The molecule has 6 nitrogen and oxygen atoms in total. The summed E-state index contributed by atoms with van der Waals surface area (Å²) in [5.74, 6) is 1.58. The molecule has 1 N–H and O–H groups in total. The highest BCUT2D eigenvalue weighted by atomic mass is 16.5. The first kappa shape index (κ1) is 16.4. The second-order valence-electron chi connectivity index (χ2n) is 4.54. The fourth-order valence-corrected chi connectivity index (χ4v) is 1.93. The minimum Gasteiger partial charge on any atom is -0.497 e.